The molecule has 0 spiro atoms. The van der Waals surface area contributed by atoms with E-state index in [1.807, 2.05) is 11.0 Å². The Balaban J connectivity index is 1.56. The molecule has 1 atom stereocenters. The third-order valence-corrected chi connectivity index (χ3v) is 6.44. The van der Waals surface area contributed by atoms with Gasteiger partial charge in [-0.3, -0.25) is 24.5 Å². The Labute approximate surface area is 216 Å². The van der Waals surface area contributed by atoms with Crippen molar-refractivity contribution in [2.24, 2.45) is 4.99 Å². The first-order chi connectivity index (χ1) is 18.0. The summed E-state index contributed by atoms with van der Waals surface area (Å²) in [6.07, 6.45) is 4.62. The molecule has 2 heterocycles. The lowest BCUT2D eigenvalue weighted by Gasteiger charge is -2.25. The molecule has 3 N–H and O–H groups in total. The van der Waals surface area contributed by atoms with E-state index in [1.54, 1.807) is 53.4 Å². The quantitative estimate of drug-likeness (QED) is 0.304. The fraction of sp³-hybridized carbons (Fsp3) is 0.370. The number of rotatable bonds is 7. The van der Waals surface area contributed by atoms with Crippen molar-refractivity contribution in [1.82, 2.24) is 15.1 Å². The van der Waals surface area contributed by atoms with Crippen LogP contribution in [0.2, 0.25) is 0 Å². The van der Waals surface area contributed by atoms with Crippen molar-refractivity contribution in [2.75, 3.05) is 36.8 Å². The van der Waals surface area contributed by atoms with Gasteiger partial charge < -0.3 is 20.4 Å². The summed E-state index contributed by atoms with van der Waals surface area (Å²) >= 11 is 0. The van der Waals surface area contributed by atoms with Gasteiger partial charge in [0.15, 0.2) is 0 Å². The van der Waals surface area contributed by atoms with E-state index in [2.05, 4.69) is 20.9 Å². The van der Waals surface area contributed by atoms with Crippen LogP contribution in [0.15, 0.2) is 59.6 Å². The van der Waals surface area contributed by atoms with E-state index in [4.69, 9.17) is 0 Å². The fourth-order valence-electron chi connectivity index (χ4n) is 4.50. The van der Waals surface area contributed by atoms with Crippen LogP contribution in [0.5, 0.6) is 0 Å². The normalized spacial score (nSPS) is 18.2. The first-order valence-corrected chi connectivity index (χ1v) is 12.6. The van der Waals surface area contributed by atoms with Crippen molar-refractivity contribution in [3.63, 3.8) is 0 Å². The van der Waals surface area contributed by atoms with Crippen molar-refractivity contribution in [3.05, 3.63) is 60.2 Å². The number of likely N-dealkylation sites (tertiary alicyclic amines) is 2. The molecule has 2 aliphatic heterocycles. The number of carbonyl (C=O) groups is 4. The molecule has 0 aliphatic carbocycles. The minimum absolute atomic E-state index is 0.0364. The van der Waals surface area contributed by atoms with E-state index < -0.39 is 6.04 Å². The van der Waals surface area contributed by atoms with Gasteiger partial charge in [-0.1, -0.05) is 24.3 Å². The summed E-state index contributed by atoms with van der Waals surface area (Å²) in [5, 5.41) is 8.46. The summed E-state index contributed by atoms with van der Waals surface area (Å²) in [5.74, 6) is -0.528. The zero-order chi connectivity index (χ0) is 26.0. The SMILES string of the molecule is O=CNc1cccc(NC(=NC2CCCCN(CC(=O)N3CCCC3)C2=O)NC(=O)c2ccccc2)c1. The monoisotopic (exact) mass is 504 g/mol. The average Bonchev–Trinajstić information content (AvgIpc) is 3.40. The number of guanidine groups is 1. The Morgan fingerprint density at radius 3 is 2.43 bits per heavy atom. The van der Waals surface area contributed by atoms with Gasteiger partial charge >= 0.3 is 0 Å². The number of benzene rings is 2. The van der Waals surface area contributed by atoms with Crippen molar-refractivity contribution < 1.29 is 19.2 Å². The Morgan fingerprint density at radius 2 is 1.68 bits per heavy atom. The fourth-order valence-corrected chi connectivity index (χ4v) is 4.50. The lowest BCUT2D eigenvalue weighted by Crippen LogP contribution is -2.45. The predicted molar refractivity (Wildman–Crippen MR) is 141 cm³/mol. The molecule has 0 bridgehead atoms. The van der Waals surface area contributed by atoms with Gasteiger partial charge in [0.1, 0.15) is 6.04 Å². The van der Waals surface area contributed by atoms with Crippen LogP contribution in [-0.4, -0.2) is 72.1 Å². The highest BCUT2D eigenvalue weighted by molar-refractivity contribution is 6.10. The maximum atomic E-state index is 13.4. The van der Waals surface area contributed by atoms with Gasteiger partial charge in [-0.2, -0.15) is 0 Å². The summed E-state index contributed by atoms with van der Waals surface area (Å²) in [6.45, 7) is 2.02. The molecule has 2 aromatic rings. The van der Waals surface area contributed by atoms with Crippen molar-refractivity contribution in [1.29, 1.82) is 0 Å². The Hall–Kier alpha value is -4.21. The summed E-state index contributed by atoms with van der Waals surface area (Å²) in [7, 11) is 0. The molecular formula is C27H32N6O4. The lowest BCUT2D eigenvalue weighted by molar-refractivity contribution is -0.140. The van der Waals surface area contributed by atoms with Gasteiger partial charge in [-0.05, 0) is 62.4 Å². The molecule has 0 saturated carbocycles. The van der Waals surface area contributed by atoms with Crippen molar-refractivity contribution >= 4 is 41.5 Å². The average molecular weight is 505 g/mol. The van der Waals surface area contributed by atoms with E-state index >= 15 is 0 Å². The van der Waals surface area contributed by atoms with Crippen LogP contribution in [0.25, 0.3) is 0 Å². The molecule has 0 aromatic heterocycles. The number of hydrogen-bond acceptors (Lipinski definition) is 5. The molecule has 0 radical (unpaired) electrons. The van der Waals surface area contributed by atoms with E-state index in [0.717, 1.165) is 38.8 Å². The van der Waals surface area contributed by atoms with Crippen LogP contribution < -0.4 is 16.0 Å². The number of nitrogens with one attached hydrogen (secondary N) is 3. The molecule has 4 rings (SSSR count). The lowest BCUT2D eigenvalue weighted by atomic mass is 10.1. The van der Waals surface area contributed by atoms with Crippen LogP contribution in [0.1, 0.15) is 42.5 Å². The molecule has 10 heteroatoms. The second-order valence-corrected chi connectivity index (χ2v) is 9.13. The van der Waals surface area contributed by atoms with Gasteiger partial charge in [0.2, 0.25) is 24.2 Å². The third kappa shape index (κ3) is 7.16. The van der Waals surface area contributed by atoms with Gasteiger partial charge in [-0.25, -0.2) is 4.99 Å². The summed E-state index contributed by atoms with van der Waals surface area (Å²) in [4.78, 5) is 58.0. The number of carbonyl (C=O) groups excluding carboxylic acids is 4. The number of amides is 4. The van der Waals surface area contributed by atoms with Crippen molar-refractivity contribution in [2.45, 2.75) is 38.1 Å². The maximum Gasteiger partial charge on any atom is 0.257 e. The minimum atomic E-state index is -0.747. The maximum absolute atomic E-state index is 13.4. The van der Waals surface area contributed by atoms with Crippen LogP contribution in [0.4, 0.5) is 11.4 Å². The highest BCUT2D eigenvalue weighted by Crippen LogP contribution is 2.18. The first kappa shape index (κ1) is 25.9. The minimum Gasteiger partial charge on any atom is -0.341 e. The van der Waals surface area contributed by atoms with Crippen molar-refractivity contribution in [3.8, 4) is 0 Å². The topological polar surface area (TPSA) is 123 Å². The molecular weight excluding hydrogens is 472 g/mol. The summed E-state index contributed by atoms with van der Waals surface area (Å²) in [5.41, 5.74) is 1.57. The number of hydrogen-bond donors (Lipinski definition) is 3. The third-order valence-electron chi connectivity index (χ3n) is 6.44. The highest BCUT2D eigenvalue weighted by Gasteiger charge is 2.30. The molecule has 2 fully saturated rings. The number of anilines is 2. The van der Waals surface area contributed by atoms with E-state index in [9.17, 15) is 19.2 Å². The van der Waals surface area contributed by atoms with Crippen LogP contribution in [0.3, 0.4) is 0 Å². The first-order valence-electron chi connectivity index (χ1n) is 12.6. The molecule has 10 nitrogen and oxygen atoms in total. The largest absolute Gasteiger partial charge is 0.341 e. The Morgan fingerprint density at radius 1 is 0.946 bits per heavy atom. The highest BCUT2D eigenvalue weighted by atomic mass is 16.2. The van der Waals surface area contributed by atoms with Crippen LogP contribution in [-0.2, 0) is 14.4 Å². The molecule has 37 heavy (non-hydrogen) atoms. The molecule has 2 aromatic carbocycles. The zero-order valence-electron chi connectivity index (χ0n) is 20.7. The van der Waals surface area contributed by atoms with Gasteiger partial charge in [0.05, 0.1) is 6.54 Å². The second kappa shape index (κ2) is 12.7. The van der Waals surface area contributed by atoms with E-state index in [1.165, 1.54) is 0 Å². The van der Waals surface area contributed by atoms with Gasteiger partial charge in [0.25, 0.3) is 5.91 Å². The molecule has 194 valence electrons. The summed E-state index contributed by atoms with van der Waals surface area (Å²) in [6, 6.07) is 14.9. The van der Waals surface area contributed by atoms with Crippen LogP contribution in [0, 0.1) is 0 Å². The van der Waals surface area contributed by atoms with Gasteiger partial charge in [0, 0.05) is 36.6 Å². The zero-order valence-corrected chi connectivity index (χ0v) is 20.7. The molecule has 1 unspecified atom stereocenters. The molecule has 4 amide bonds. The number of aliphatic imine (C=N–C) groups is 1. The number of nitrogens with zero attached hydrogens (tertiary/aromatic N) is 3. The Kier molecular flexibility index (Phi) is 8.85. The second-order valence-electron chi connectivity index (χ2n) is 9.13. The van der Waals surface area contributed by atoms with E-state index in [-0.39, 0.29) is 30.2 Å². The predicted octanol–water partition coefficient (Wildman–Crippen LogP) is 2.46. The van der Waals surface area contributed by atoms with E-state index in [0.29, 0.717) is 36.3 Å². The standard InChI is InChI=1S/C27H32N6O4/c34-19-28-21-11-8-12-22(17-21)29-27(31-25(36)20-9-2-1-3-10-20)30-23-13-4-5-16-33(26(23)37)18-24(35)32-14-6-7-15-32/h1-3,8-12,17,19,23H,4-7,13-16,18H2,(H,28,34)(H2,29,30,31,36). The molecule has 2 aliphatic rings. The van der Waals surface area contributed by atoms with Gasteiger partial charge in [-0.15, -0.1) is 0 Å². The summed E-state index contributed by atoms with van der Waals surface area (Å²) < 4.78 is 0. The Bertz CT molecular complexity index is 1150. The van der Waals surface area contributed by atoms with Crippen LogP contribution >= 0.6 is 0 Å². The molecule has 2 saturated heterocycles. The smallest absolute Gasteiger partial charge is 0.257 e.